The zero-order valence-corrected chi connectivity index (χ0v) is 8.71. The molecule has 0 amide bonds. The fourth-order valence-electron chi connectivity index (χ4n) is 1.85. The van der Waals surface area contributed by atoms with E-state index in [1.807, 2.05) is 11.4 Å². The molecular weight excluding hydrogens is 198 g/mol. The minimum absolute atomic E-state index is 0.339. The summed E-state index contributed by atoms with van der Waals surface area (Å²) >= 11 is 1.58. The number of hydrogen-bond donors (Lipinski definition) is 1. The van der Waals surface area contributed by atoms with Gasteiger partial charge in [0.2, 0.25) is 4.96 Å². The van der Waals surface area contributed by atoms with Crippen LogP contribution in [-0.4, -0.2) is 26.4 Å². The molecule has 1 unspecified atom stereocenters. The summed E-state index contributed by atoms with van der Waals surface area (Å²) in [5.74, 6) is 0.960. The largest absolute Gasteiger partial charge is 0.307 e. The first-order valence-corrected chi connectivity index (χ1v) is 5.58. The summed E-state index contributed by atoms with van der Waals surface area (Å²) in [6.45, 7) is 3.06. The quantitative estimate of drug-likeness (QED) is 0.758. The van der Waals surface area contributed by atoms with E-state index in [2.05, 4.69) is 20.6 Å². The molecule has 74 valence electrons. The second kappa shape index (κ2) is 2.99. The first kappa shape index (κ1) is 8.31. The van der Waals surface area contributed by atoms with Crippen molar-refractivity contribution in [3.05, 3.63) is 10.8 Å². The van der Waals surface area contributed by atoms with E-state index in [9.17, 15) is 0 Å². The number of nitrogens with zero attached hydrogens (tertiary/aromatic N) is 4. The molecule has 1 N–H and O–H groups in total. The Morgan fingerprint density at radius 3 is 3.21 bits per heavy atom. The topological polar surface area (TPSA) is 55.1 Å². The van der Waals surface area contributed by atoms with Gasteiger partial charge in [0, 0.05) is 0 Å². The molecule has 5 nitrogen and oxygen atoms in total. The van der Waals surface area contributed by atoms with E-state index >= 15 is 0 Å². The van der Waals surface area contributed by atoms with Crippen LogP contribution in [0.2, 0.25) is 0 Å². The molecule has 6 heteroatoms. The minimum atomic E-state index is 0.339. The number of hydrogen-bond acceptors (Lipinski definition) is 5. The Labute approximate surface area is 85.2 Å². The fraction of sp³-hybridized carbons (Fsp3) is 0.625. The van der Waals surface area contributed by atoms with E-state index in [-0.39, 0.29) is 0 Å². The second-order valence-corrected chi connectivity index (χ2v) is 4.68. The van der Waals surface area contributed by atoms with Gasteiger partial charge in [-0.2, -0.15) is 9.61 Å². The third kappa shape index (κ3) is 1.14. The van der Waals surface area contributed by atoms with Gasteiger partial charge in [-0.05, 0) is 26.3 Å². The monoisotopic (exact) mass is 209 g/mol. The van der Waals surface area contributed by atoms with Crippen LogP contribution in [0.3, 0.4) is 0 Å². The molecule has 1 aliphatic heterocycles. The number of fused-ring (bicyclic) bond motifs is 1. The lowest BCUT2D eigenvalue weighted by atomic mass is 10.2. The molecule has 1 aliphatic rings. The van der Waals surface area contributed by atoms with Crippen LogP contribution < -0.4 is 5.32 Å². The van der Waals surface area contributed by atoms with Crippen molar-refractivity contribution >= 4 is 16.3 Å². The van der Waals surface area contributed by atoms with Crippen molar-refractivity contribution in [2.75, 3.05) is 6.54 Å². The maximum Gasteiger partial charge on any atom is 0.234 e. The Morgan fingerprint density at radius 1 is 1.50 bits per heavy atom. The maximum absolute atomic E-state index is 4.39. The fourth-order valence-corrected chi connectivity index (χ4v) is 2.54. The van der Waals surface area contributed by atoms with Gasteiger partial charge in [-0.1, -0.05) is 11.3 Å². The number of aryl methyl sites for hydroxylation is 1. The molecule has 1 saturated heterocycles. The number of rotatable bonds is 1. The molecule has 0 radical (unpaired) electrons. The zero-order chi connectivity index (χ0) is 9.54. The molecule has 1 atom stereocenters. The molecular formula is C8H11N5S. The maximum atomic E-state index is 4.39. The Morgan fingerprint density at radius 2 is 2.43 bits per heavy atom. The van der Waals surface area contributed by atoms with Crippen LogP contribution >= 0.6 is 11.3 Å². The van der Waals surface area contributed by atoms with Crippen molar-refractivity contribution in [1.82, 2.24) is 25.1 Å². The van der Waals surface area contributed by atoms with Gasteiger partial charge < -0.3 is 5.32 Å². The van der Waals surface area contributed by atoms with E-state index in [4.69, 9.17) is 0 Å². The van der Waals surface area contributed by atoms with E-state index < -0.39 is 0 Å². The van der Waals surface area contributed by atoms with Crippen LogP contribution in [0.25, 0.3) is 4.96 Å². The first-order chi connectivity index (χ1) is 6.84. The van der Waals surface area contributed by atoms with Crippen LogP contribution in [0, 0.1) is 6.92 Å². The molecule has 3 rings (SSSR count). The van der Waals surface area contributed by atoms with Gasteiger partial charge in [0.05, 0.1) is 6.04 Å². The summed E-state index contributed by atoms with van der Waals surface area (Å²) < 4.78 is 1.86. The lowest BCUT2D eigenvalue weighted by Gasteiger charge is -2.04. The van der Waals surface area contributed by atoms with Gasteiger partial charge in [-0.25, -0.2) is 0 Å². The van der Waals surface area contributed by atoms with Crippen LogP contribution in [-0.2, 0) is 0 Å². The lowest BCUT2D eigenvalue weighted by molar-refractivity contribution is 0.584. The molecule has 0 aliphatic carbocycles. The summed E-state index contributed by atoms with van der Waals surface area (Å²) in [6, 6.07) is 0.339. The molecule has 2 aromatic rings. The van der Waals surface area contributed by atoms with Crippen LogP contribution in [0.5, 0.6) is 0 Å². The summed E-state index contributed by atoms with van der Waals surface area (Å²) in [7, 11) is 0. The Bertz CT molecular complexity index is 453. The van der Waals surface area contributed by atoms with Gasteiger partial charge in [0.15, 0.2) is 5.82 Å². The van der Waals surface area contributed by atoms with Crippen LogP contribution in [0.15, 0.2) is 0 Å². The smallest absolute Gasteiger partial charge is 0.234 e. The molecule has 1 fully saturated rings. The normalized spacial score (nSPS) is 22.2. The third-order valence-electron chi connectivity index (χ3n) is 2.49. The van der Waals surface area contributed by atoms with Gasteiger partial charge >= 0.3 is 0 Å². The molecule has 0 bridgehead atoms. The predicted molar refractivity (Wildman–Crippen MR) is 53.4 cm³/mol. The number of nitrogens with one attached hydrogen (secondary N) is 1. The van der Waals surface area contributed by atoms with Gasteiger partial charge in [0.1, 0.15) is 5.01 Å². The molecule has 14 heavy (non-hydrogen) atoms. The standard InChI is InChI=1S/C8H11N5S/c1-5-12-13-7(6-3-2-4-9-6)10-11-8(13)14-5/h6,9H,2-4H2,1H3. The average molecular weight is 209 g/mol. The van der Waals surface area contributed by atoms with Crippen molar-refractivity contribution < 1.29 is 0 Å². The van der Waals surface area contributed by atoms with Gasteiger partial charge in [0.25, 0.3) is 0 Å². The summed E-state index contributed by atoms with van der Waals surface area (Å²) in [5.41, 5.74) is 0. The predicted octanol–water partition coefficient (Wildman–Crippen LogP) is 0.919. The molecule has 0 aromatic carbocycles. The highest BCUT2D eigenvalue weighted by Crippen LogP contribution is 2.23. The second-order valence-electron chi connectivity index (χ2n) is 3.52. The average Bonchev–Trinajstić information content (AvgIpc) is 2.77. The van der Waals surface area contributed by atoms with Crippen molar-refractivity contribution in [2.24, 2.45) is 0 Å². The molecule has 2 aromatic heterocycles. The highest BCUT2D eigenvalue weighted by atomic mass is 32.1. The van der Waals surface area contributed by atoms with Crippen LogP contribution in [0.1, 0.15) is 29.7 Å². The lowest BCUT2D eigenvalue weighted by Crippen LogP contribution is -2.16. The van der Waals surface area contributed by atoms with E-state index in [1.165, 1.54) is 6.42 Å². The summed E-state index contributed by atoms with van der Waals surface area (Å²) in [5, 5.41) is 17.1. The van der Waals surface area contributed by atoms with E-state index in [0.29, 0.717) is 6.04 Å². The van der Waals surface area contributed by atoms with Crippen LogP contribution in [0.4, 0.5) is 0 Å². The molecule has 0 spiro atoms. The summed E-state index contributed by atoms with van der Waals surface area (Å²) in [6.07, 6.45) is 2.35. The third-order valence-corrected chi connectivity index (χ3v) is 3.30. The minimum Gasteiger partial charge on any atom is -0.307 e. The van der Waals surface area contributed by atoms with Crippen molar-refractivity contribution in [1.29, 1.82) is 0 Å². The number of aromatic nitrogens is 4. The van der Waals surface area contributed by atoms with Crippen molar-refractivity contribution in [2.45, 2.75) is 25.8 Å². The Kier molecular flexibility index (Phi) is 1.78. The Balaban J connectivity index is 2.10. The highest BCUT2D eigenvalue weighted by molar-refractivity contribution is 7.16. The zero-order valence-electron chi connectivity index (χ0n) is 7.90. The summed E-state index contributed by atoms with van der Waals surface area (Å²) in [4.78, 5) is 0.895. The van der Waals surface area contributed by atoms with Gasteiger partial charge in [-0.3, -0.25) is 0 Å². The van der Waals surface area contributed by atoms with E-state index in [0.717, 1.165) is 28.8 Å². The SMILES string of the molecule is Cc1nn2c(C3CCCN3)nnc2s1. The van der Waals surface area contributed by atoms with Crippen molar-refractivity contribution in [3.8, 4) is 0 Å². The highest BCUT2D eigenvalue weighted by Gasteiger charge is 2.22. The van der Waals surface area contributed by atoms with Gasteiger partial charge in [-0.15, -0.1) is 10.2 Å². The first-order valence-electron chi connectivity index (χ1n) is 4.77. The van der Waals surface area contributed by atoms with E-state index in [1.54, 1.807) is 11.3 Å². The Hall–Kier alpha value is -1.01. The van der Waals surface area contributed by atoms with Crippen molar-refractivity contribution in [3.63, 3.8) is 0 Å². The molecule has 0 saturated carbocycles. The molecule has 3 heterocycles.